The Morgan fingerprint density at radius 1 is 1.00 bits per heavy atom. The van der Waals surface area contributed by atoms with Gasteiger partial charge in [-0.05, 0) is 81.5 Å². The minimum absolute atomic E-state index is 0.109. The van der Waals surface area contributed by atoms with Crippen molar-refractivity contribution < 1.29 is 4.79 Å². The van der Waals surface area contributed by atoms with E-state index < -0.39 is 5.41 Å². The van der Waals surface area contributed by atoms with E-state index in [9.17, 15) is 4.79 Å². The van der Waals surface area contributed by atoms with E-state index in [1.165, 1.54) is 56.1 Å². The Bertz CT molecular complexity index is 1000. The van der Waals surface area contributed by atoms with Crippen molar-refractivity contribution in [3.8, 4) is 0 Å². The Kier molecular flexibility index (Phi) is 16.5. The van der Waals surface area contributed by atoms with Gasteiger partial charge in [-0.25, -0.2) is 0 Å². The standard InChI is InChI=1S/C22H26ClNO.C8H18.C7H14/c1-4-12-21(3,18-10-11-19(23)16(2)15-18)20(25)24-22(13-14-22)17-8-6-5-7-9-17;1-4-6-8(3)7-5-2;1-4-5-6-7(2)3/h5-11,15H,4,12-14H2,1-3H3,(H,24,25);8H,4-7H2,1-3H3;2,4-6H2,1,3H3. The lowest BCUT2D eigenvalue weighted by Crippen LogP contribution is -2.47. The summed E-state index contributed by atoms with van der Waals surface area (Å²) in [4.78, 5) is 13.3. The van der Waals surface area contributed by atoms with E-state index in [0.717, 1.165) is 47.8 Å². The predicted octanol–water partition coefficient (Wildman–Crippen LogP) is 11.5. The normalized spacial score (nSPS) is 14.7. The van der Waals surface area contributed by atoms with Gasteiger partial charge in [0.2, 0.25) is 5.91 Å². The lowest BCUT2D eigenvalue weighted by atomic mass is 9.77. The SMILES string of the molecule is C=C(C)CCCC.CCCC(C)(C(=O)NC1(c2ccccc2)CC1)c1ccc(Cl)c(C)c1.CCCC(C)CCC. The average molecular weight is 568 g/mol. The number of benzene rings is 2. The number of allylic oxidation sites excluding steroid dienone is 1. The summed E-state index contributed by atoms with van der Waals surface area (Å²) in [6, 6.07) is 16.3. The number of hydrogen-bond acceptors (Lipinski definition) is 1. The fourth-order valence-corrected chi connectivity index (χ4v) is 5.33. The molecule has 0 spiro atoms. The Labute approximate surface area is 252 Å². The van der Waals surface area contributed by atoms with Gasteiger partial charge in [0.15, 0.2) is 0 Å². The van der Waals surface area contributed by atoms with Crippen molar-refractivity contribution in [2.45, 2.75) is 137 Å². The summed E-state index contributed by atoms with van der Waals surface area (Å²) in [5, 5.41) is 4.11. The van der Waals surface area contributed by atoms with Crippen molar-refractivity contribution in [3.05, 3.63) is 82.4 Å². The van der Waals surface area contributed by atoms with Crippen LogP contribution in [0.15, 0.2) is 60.7 Å². The van der Waals surface area contributed by atoms with Crippen LogP contribution in [0.5, 0.6) is 0 Å². The van der Waals surface area contributed by atoms with E-state index in [-0.39, 0.29) is 11.4 Å². The van der Waals surface area contributed by atoms with E-state index in [2.05, 4.69) is 78.6 Å². The van der Waals surface area contributed by atoms with Crippen molar-refractivity contribution in [2.75, 3.05) is 0 Å². The van der Waals surface area contributed by atoms with Crippen LogP contribution >= 0.6 is 11.6 Å². The second kappa shape index (κ2) is 18.4. The number of halogens is 1. The van der Waals surface area contributed by atoms with Crippen LogP contribution in [0.2, 0.25) is 5.02 Å². The molecule has 1 unspecified atom stereocenters. The van der Waals surface area contributed by atoms with Crippen molar-refractivity contribution in [3.63, 3.8) is 0 Å². The highest BCUT2D eigenvalue weighted by atomic mass is 35.5. The first kappa shape index (κ1) is 36.0. The largest absolute Gasteiger partial charge is 0.346 e. The zero-order chi connectivity index (χ0) is 30.2. The molecule has 1 aliphatic rings. The van der Waals surface area contributed by atoms with Gasteiger partial charge in [0.1, 0.15) is 0 Å². The molecule has 1 saturated carbocycles. The molecular weight excluding hydrogens is 510 g/mol. The molecule has 40 heavy (non-hydrogen) atoms. The second-order valence-corrected chi connectivity index (χ2v) is 12.6. The molecule has 0 aliphatic heterocycles. The maximum absolute atomic E-state index is 13.3. The Morgan fingerprint density at radius 3 is 2.02 bits per heavy atom. The van der Waals surface area contributed by atoms with Crippen LogP contribution in [0.25, 0.3) is 0 Å². The van der Waals surface area contributed by atoms with Gasteiger partial charge < -0.3 is 5.32 Å². The molecule has 1 fully saturated rings. The van der Waals surface area contributed by atoms with Gasteiger partial charge in [-0.1, -0.05) is 133 Å². The predicted molar refractivity (Wildman–Crippen MR) is 177 cm³/mol. The van der Waals surface area contributed by atoms with Crippen molar-refractivity contribution >= 4 is 17.5 Å². The number of nitrogens with one attached hydrogen (secondary N) is 1. The van der Waals surface area contributed by atoms with Crippen LogP contribution < -0.4 is 5.32 Å². The molecule has 1 atom stereocenters. The van der Waals surface area contributed by atoms with Crippen LogP contribution in [-0.2, 0) is 15.7 Å². The molecule has 1 N–H and O–H groups in total. The number of amides is 1. The summed E-state index contributed by atoms with van der Waals surface area (Å²) in [5.41, 5.74) is 3.83. The molecule has 224 valence electrons. The Morgan fingerprint density at radius 2 is 1.60 bits per heavy atom. The van der Waals surface area contributed by atoms with Crippen LogP contribution in [-0.4, -0.2) is 5.91 Å². The first-order valence-corrected chi connectivity index (χ1v) is 16.2. The fraction of sp³-hybridized carbons (Fsp3) is 0.595. The van der Waals surface area contributed by atoms with Gasteiger partial charge in [-0.15, -0.1) is 6.58 Å². The van der Waals surface area contributed by atoms with Crippen LogP contribution in [0.4, 0.5) is 0 Å². The van der Waals surface area contributed by atoms with Gasteiger partial charge >= 0.3 is 0 Å². The van der Waals surface area contributed by atoms with Crippen LogP contribution in [0.3, 0.4) is 0 Å². The number of carbonyl (C=O) groups excluding carboxylic acids is 1. The number of hydrogen-bond donors (Lipinski definition) is 1. The third-order valence-electron chi connectivity index (χ3n) is 8.00. The van der Waals surface area contributed by atoms with Gasteiger partial charge in [0.05, 0.1) is 11.0 Å². The second-order valence-electron chi connectivity index (χ2n) is 12.2. The first-order valence-electron chi connectivity index (χ1n) is 15.8. The van der Waals surface area contributed by atoms with Gasteiger partial charge in [0.25, 0.3) is 0 Å². The van der Waals surface area contributed by atoms with Crippen molar-refractivity contribution in [1.82, 2.24) is 5.32 Å². The monoisotopic (exact) mass is 567 g/mol. The van der Waals surface area contributed by atoms with E-state index in [4.69, 9.17) is 11.6 Å². The molecule has 0 bridgehead atoms. The summed E-state index contributed by atoms with van der Waals surface area (Å²) < 4.78 is 0. The van der Waals surface area contributed by atoms with E-state index >= 15 is 0 Å². The van der Waals surface area contributed by atoms with Crippen molar-refractivity contribution in [2.24, 2.45) is 5.92 Å². The molecule has 2 aromatic carbocycles. The van der Waals surface area contributed by atoms with Crippen LogP contribution in [0.1, 0.15) is 136 Å². The smallest absolute Gasteiger partial charge is 0.231 e. The van der Waals surface area contributed by atoms with Gasteiger partial charge in [-0.2, -0.15) is 0 Å². The topological polar surface area (TPSA) is 29.1 Å². The molecule has 0 heterocycles. The van der Waals surface area contributed by atoms with Gasteiger partial charge in [0, 0.05) is 5.02 Å². The highest BCUT2D eigenvalue weighted by Gasteiger charge is 2.48. The molecule has 3 heteroatoms. The molecule has 1 aliphatic carbocycles. The molecule has 3 rings (SSSR count). The zero-order valence-corrected chi connectivity index (χ0v) is 27.7. The molecule has 0 aromatic heterocycles. The third kappa shape index (κ3) is 11.8. The highest BCUT2D eigenvalue weighted by molar-refractivity contribution is 6.31. The summed E-state index contributed by atoms with van der Waals surface area (Å²) in [7, 11) is 0. The summed E-state index contributed by atoms with van der Waals surface area (Å²) in [6.07, 6.45) is 13.1. The van der Waals surface area contributed by atoms with E-state index in [1.807, 2.05) is 37.3 Å². The summed E-state index contributed by atoms with van der Waals surface area (Å²) >= 11 is 6.18. The number of carbonyl (C=O) groups is 1. The number of unbranched alkanes of at least 4 members (excludes halogenated alkanes) is 1. The molecule has 0 radical (unpaired) electrons. The highest BCUT2D eigenvalue weighted by Crippen LogP contribution is 2.46. The lowest BCUT2D eigenvalue weighted by Gasteiger charge is -2.32. The molecule has 2 nitrogen and oxygen atoms in total. The maximum Gasteiger partial charge on any atom is 0.231 e. The van der Waals surface area contributed by atoms with E-state index in [1.54, 1.807) is 0 Å². The molecule has 2 aromatic rings. The minimum Gasteiger partial charge on any atom is -0.346 e. The zero-order valence-electron chi connectivity index (χ0n) is 27.0. The molecule has 0 saturated heterocycles. The molecule has 1 amide bonds. The first-order chi connectivity index (χ1) is 19.0. The fourth-order valence-electron chi connectivity index (χ4n) is 5.21. The Balaban J connectivity index is 0.000000440. The lowest BCUT2D eigenvalue weighted by molar-refractivity contribution is -0.127. The summed E-state index contributed by atoms with van der Waals surface area (Å²) in [6.45, 7) is 21.1. The summed E-state index contributed by atoms with van der Waals surface area (Å²) in [5.74, 6) is 1.07. The molecular formula is C37H58ClNO. The van der Waals surface area contributed by atoms with Crippen LogP contribution in [0, 0.1) is 12.8 Å². The number of aryl methyl sites for hydroxylation is 1. The van der Waals surface area contributed by atoms with Crippen molar-refractivity contribution in [1.29, 1.82) is 0 Å². The average Bonchev–Trinajstić information content (AvgIpc) is 3.71. The minimum atomic E-state index is -0.547. The van der Waals surface area contributed by atoms with E-state index in [0.29, 0.717) is 0 Å². The van der Waals surface area contributed by atoms with Gasteiger partial charge in [-0.3, -0.25) is 4.79 Å². The maximum atomic E-state index is 13.3. The quantitative estimate of drug-likeness (QED) is 0.239. The number of rotatable bonds is 13. The third-order valence-corrected chi connectivity index (χ3v) is 8.42. The Hall–Kier alpha value is -2.06.